The first-order chi connectivity index (χ1) is 8.42. The van der Waals surface area contributed by atoms with Gasteiger partial charge in [-0.3, -0.25) is 0 Å². The summed E-state index contributed by atoms with van der Waals surface area (Å²) in [6, 6.07) is 2.87. The van der Waals surface area contributed by atoms with Crippen molar-refractivity contribution >= 4 is 25.7 Å². The second-order valence-electron chi connectivity index (χ2n) is 5.37. The molecule has 106 valence electrons. The lowest BCUT2D eigenvalue weighted by Crippen LogP contribution is -2.24. The summed E-state index contributed by atoms with van der Waals surface area (Å²) in [6.45, 7) is 8.58. The molecule has 0 aliphatic heterocycles. The molecule has 0 atom stereocenters. The average Bonchev–Trinajstić information content (AvgIpc) is 2.11. The van der Waals surface area contributed by atoms with E-state index in [1.165, 1.54) is 6.07 Å². The molecule has 4 nitrogen and oxygen atoms in total. The van der Waals surface area contributed by atoms with Crippen molar-refractivity contribution in [2.45, 2.75) is 45.1 Å². The lowest BCUT2D eigenvalue weighted by Gasteiger charge is -2.20. The van der Waals surface area contributed by atoms with Crippen LogP contribution in [0.3, 0.4) is 0 Å². The number of carbonyl (C=O) groups is 1. The number of aryl methyl sites for hydroxylation is 2. The van der Waals surface area contributed by atoms with Crippen molar-refractivity contribution in [3.05, 3.63) is 28.8 Å². The summed E-state index contributed by atoms with van der Waals surface area (Å²) in [5, 5.41) is 0. The standard InChI is InChI=1S/C13H17ClO4S/c1-8-6-9(2)11(19(14,16)17)7-10(8)12(15)18-13(3,4)5/h6-7H,1-5H3. The van der Waals surface area contributed by atoms with Crippen LogP contribution in [0.5, 0.6) is 0 Å². The number of hydrogen-bond donors (Lipinski definition) is 0. The zero-order chi connectivity index (χ0) is 15.0. The van der Waals surface area contributed by atoms with Crippen LogP contribution < -0.4 is 0 Å². The summed E-state index contributed by atoms with van der Waals surface area (Å²) >= 11 is 0. The van der Waals surface area contributed by atoms with Crippen LogP contribution in [0, 0.1) is 13.8 Å². The molecule has 0 heterocycles. The molecule has 0 bridgehead atoms. The summed E-state index contributed by atoms with van der Waals surface area (Å²) in [7, 11) is 1.46. The predicted molar refractivity (Wildman–Crippen MR) is 74.1 cm³/mol. The molecule has 1 aromatic carbocycles. The van der Waals surface area contributed by atoms with Crippen molar-refractivity contribution in [3.8, 4) is 0 Å². The number of esters is 1. The van der Waals surface area contributed by atoms with Gasteiger partial charge < -0.3 is 4.74 Å². The molecule has 0 radical (unpaired) electrons. The minimum atomic E-state index is -3.89. The van der Waals surface area contributed by atoms with Gasteiger partial charge in [0, 0.05) is 10.7 Å². The monoisotopic (exact) mass is 304 g/mol. The van der Waals surface area contributed by atoms with Crippen molar-refractivity contribution in [3.63, 3.8) is 0 Å². The van der Waals surface area contributed by atoms with E-state index in [1.54, 1.807) is 40.7 Å². The van der Waals surface area contributed by atoms with Gasteiger partial charge in [0.15, 0.2) is 0 Å². The third kappa shape index (κ3) is 4.21. The molecule has 0 aliphatic carbocycles. The third-order valence-electron chi connectivity index (χ3n) is 2.40. The Morgan fingerprint density at radius 3 is 2.11 bits per heavy atom. The molecule has 0 saturated carbocycles. The zero-order valence-corrected chi connectivity index (χ0v) is 13.1. The quantitative estimate of drug-likeness (QED) is 0.622. The Balaban J connectivity index is 3.34. The fraction of sp³-hybridized carbons (Fsp3) is 0.462. The first kappa shape index (κ1) is 16.0. The Morgan fingerprint density at radius 1 is 1.16 bits per heavy atom. The lowest BCUT2D eigenvalue weighted by atomic mass is 10.1. The molecule has 0 saturated heterocycles. The smallest absolute Gasteiger partial charge is 0.338 e. The fourth-order valence-corrected chi connectivity index (χ4v) is 2.85. The minimum absolute atomic E-state index is 0.0689. The van der Waals surface area contributed by atoms with Crippen LogP contribution in [0.25, 0.3) is 0 Å². The van der Waals surface area contributed by atoms with Crippen LogP contribution in [0.1, 0.15) is 42.3 Å². The highest BCUT2D eigenvalue weighted by Gasteiger charge is 2.23. The van der Waals surface area contributed by atoms with E-state index in [0.717, 1.165) is 0 Å². The van der Waals surface area contributed by atoms with E-state index in [2.05, 4.69) is 0 Å². The van der Waals surface area contributed by atoms with E-state index >= 15 is 0 Å². The molecule has 1 rings (SSSR count). The number of rotatable bonds is 2. The van der Waals surface area contributed by atoms with Crippen LogP contribution >= 0.6 is 10.7 Å². The normalized spacial score (nSPS) is 12.3. The summed E-state index contributed by atoms with van der Waals surface area (Å²) in [6.07, 6.45) is 0. The van der Waals surface area contributed by atoms with Crippen molar-refractivity contribution in [2.24, 2.45) is 0 Å². The first-order valence-electron chi connectivity index (χ1n) is 5.71. The predicted octanol–water partition coefficient (Wildman–Crippen LogP) is 3.19. The van der Waals surface area contributed by atoms with E-state index in [0.29, 0.717) is 11.1 Å². The highest BCUT2D eigenvalue weighted by atomic mass is 35.7. The molecule has 0 N–H and O–H groups in total. The summed E-state index contributed by atoms with van der Waals surface area (Å²) in [4.78, 5) is 11.9. The van der Waals surface area contributed by atoms with Gasteiger partial charge in [0.05, 0.1) is 10.5 Å². The van der Waals surface area contributed by atoms with Gasteiger partial charge in [-0.1, -0.05) is 6.07 Å². The molecule has 1 aromatic rings. The molecular weight excluding hydrogens is 288 g/mol. The number of halogens is 1. The van der Waals surface area contributed by atoms with Gasteiger partial charge in [-0.05, 0) is 51.8 Å². The van der Waals surface area contributed by atoms with E-state index in [4.69, 9.17) is 15.4 Å². The van der Waals surface area contributed by atoms with E-state index < -0.39 is 20.6 Å². The number of carbonyl (C=O) groups excluding carboxylic acids is 1. The molecule has 0 amide bonds. The van der Waals surface area contributed by atoms with Crippen molar-refractivity contribution < 1.29 is 17.9 Å². The van der Waals surface area contributed by atoms with Crippen LogP contribution in [0.15, 0.2) is 17.0 Å². The highest BCUT2D eigenvalue weighted by molar-refractivity contribution is 8.13. The van der Waals surface area contributed by atoms with Crippen molar-refractivity contribution in [1.29, 1.82) is 0 Å². The third-order valence-corrected chi connectivity index (χ3v) is 3.87. The number of hydrogen-bond acceptors (Lipinski definition) is 4. The molecule has 0 aliphatic rings. The van der Waals surface area contributed by atoms with Crippen molar-refractivity contribution in [2.75, 3.05) is 0 Å². The summed E-state index contributed by atoms with van der Waals surface area (Å²) in [5.74, 6) is -0.563. The Bertz CT molecular complexity index is 612. The van der Waals surface area contributed by atoms with Gasteiger partial charge in [0.1, 0.15) is 5.60 Å². The Labute approximate surface area is 118 Å². The Morgan fingerprint density at radius 2 is 1.68 bits per heavy atom. The van der Waals surface area contributed by atoms with Gasteiger partial charge in [0.2, 0.25) is 0 Å². The van der Waals surface area contributed by atoms with E-state index in [-0.39, 0.29) is 10.5 Å². The molecule has 0 spiro atoms. The molecule has 0 aromatic heterocycles. The number of ether oxygens (including phenoxy) is 1. The van der Waals surface area contributed by atoms with Crippen LogP contribution in [0.4, 0.5) is 0 Å². The van der Waals surface area contributed by atoms with Gasteiger partial charge in [0.25, 0.3) is 9.05 Å². The molecule has 6 heteroatoms. The second kappa shape index (κ2) is 5.13. The molecule has 19 heavy (non-hydrogen) atoms. The van der Waals surface area contributed by atoms with E-state index in [1.807, 2.05) is 0 Å². The minimum Gasteiger partial charge on any atom is -0.456 e. The van der Waals surface area contributed by atoms with Gasteiger partial charge >= 0.3 is 5.97 Å². The average molecular weight is 305 g/mol. The molecule has 0 fully saturated rings. The Kier molecular flexibility index (Phi) is 4.32. The maximum absolute atomic E-state index is 12.0. The largest absolute Gasteiger partial charge is 0.456 e. The highest BCUT2D eigenvalue weighted by Crippen LogP contribution is 2.25. The van der Waals surface area contributed by atoms with Crippen LogP contribution in [0.2, 0.25) is 0 Å². The lowest BCUT2D eigenvalue weighted by molar-refractivity contribution is 0.00685. The SMILES string of the molecule is Cc1cc(C)c(S(=O)(=O)Cl)cc1C(=O)OC(C)(C)C. The van der Waals surface area contributed by atoms with Gasteiger partial charge in [-0.25, -0.2) is 13.2 Å². The molecule has 0 unspecified atom stereocenters. The maximum atomic E-state index is 12.0. The van der Waals surface area contributed by atoms with E-state index in [9.17, 15) is 13.2 Å². The first-order valence-corrected chi connectivity index (χ1v) is 8.02. The maximum Gasteiger partial charge on any atom is 0.338 e. The second-order valence-corrected chi connectivity index (χ2v) is 7.91. The van der Waals surface area contributed by atoms with Gasteiger partial charge in [-0.15, -0.1) is 0 Å². The van der Waals surface area contributed by atoms with Crippen LogP contribution in [-0.4, -0.2) is 20.0 Å². The Hall–Kier alpha value is -1.07. The molecular formula is C13H17ClO4S. The number of benzene rings is 1. The summed E-state index contributed by atoms with van der Waals surface area (Å²) in [5.41, 5.74) is 0.712. The van der Waals surface area contributed by atoms with Crippen molar-refractivity contribution in [1.82, 2.24) is 0 Å². The zero-order valence-electron chi connectivity index (χ0n) is 11.6. The van der Waals surface area contributed by atoms with Crippen LogP contribution in [-0.2, 0) is 13.8 Å². The summed E-state index contributed by atoms with van der Waals surface area (Å²) < 4.78 is 28.1. The van der Waals surface area contributed by atoms with Gasteiger partial charge in [-0.2, -0.15) is 0 Å². The fourth-order valence-electron chi connectivity index (χ4n) is 1.65. The topological polar surface area (TPSA) is 60.4 Å².